The van der Waals surface area contributed by atoms with Crippen LogP contribution >= 0.6 is 11.3 Å². The summed E-state index contributed by atoms with van der Waals surface area (Å²) in [6, 6.07) is 2.13. The second-order valence-corrected chi connectivity index (χ2v) is 7.47. The van der Waals surface area contributed by atoms with Crippen LogP contribution in [0.5, 0.6) is 0 Å². The first-order valence-electron chi connectivity index (χ1n) is 8.80. The molecule has 0 N–H and O–H groups in total. The van der Waals surface area contributed by atoms with E-state index in [0.717, 1.165) is 0 Å². The number of thiophene rings is 1. The van der Waals surface area contributed by atoms with Crippen LogP contribution in [0.3, 0.4) is 0 Å². The number of nitro groups is 1. The lowest BCUT2D eigenvalue weighted by Crippen LogP contribution is -2.44. The van der Waals surface area contributed by atoms with Gasteiger partial charge in [0, 0.05) is 15.7 Å². The van der Waals surface area contributed by atoms with E-state index in [9.17, 15) is 24.5 Å². The summed E-state index contributed by atoms with van der Waals surface area (Å²) in [6.45, 7) is 4.71. The number of Topliss-reactive ketones (excluding diaryl/α,β-unsaturated/α-hetero) is 1. The highest BCUT2D eigenvalue weighted by molar-refractivity contribution is 7.10. The summed E-state index contributed by atoms with van der Waals surface area (Å²) in [5.74, 6) is -3.63. The van der Waals surface area contributed by atoms with Crippen molar-refractivity contribution in [3.63, 3.8) is 0 Å². The van der Waals surface area contributed by atoms with Gasteiger partial charge in [-0.3, -0.25) is 24.5 Å². The van der Waals surface area contributed by atoms with E-state index in [0.29, 0.717) is 4.88 Å². The quantitative estimate of drug-likeness (QED) is 0.287. The molecule has 1 aliphatic carbocycles. The Hall–Kier alpha value is -2.29. The van der Waals surface area contributed by atoms with Gasteiger partial charge in [-0.05, 0) is 38.6 Å². The third-order valence-electron chi connectivity index (χ3n) is 5.03. The third kappa shape index (κ3) is 3.87. The van der Waals surface area contributed by atoms with Gasteiger partial charge in [-0.1, -0.05) is 6.07 Å². The average molecular weight is 397 g/mol. The van der Waals surface area contributed by atoms with E-state index < -0.39 is 45.9 Å². The fraction of sp³-hybridized carbons (Fsp3) is 0.611. The second kappa shape index (κ2) is 8.60. The van der Waals surface area contributed by atoms with Gasteiger partial charge < -0.3 is 9.47 Å². The summed E-state index contributed by atoms with van der Waals surface area (Å²) in [7, 11) is 0. The van der Waals surface area contributed by atoms with Crippen LogP contribution in [-0.4, -0.2) is 41.9 Å². The van der Waals surface area contributed by atoms with Crippen molar-refractivity contribution in [1.82, 2.24) is 0 Å². The molecule has 0 saturated heterocycles. The van der Waals surface area contributed by atoms with Crippen LogP contribution in [0.4, 0.5) is 0 Å². The van der Waals surface area contributed by atoms with Gasteiger partial charge in [-0.2, -0.15) is 0 Å². The molecule has 4 atom stereocenters. The number of ether oxygens (including phenoxy) is 2. The highest BCUT2D eigenvalue weighted by atomic mass is 32.1. The zero-order valence-corrected chi connectivity index (χ0v) is 16.3. The summed E-state index contributed by atoms with van der Waals surface area (Å²) in [4.78, 5) is 49.6. The fourth-order valence-corrected chi connectivity index (χ4v) is 4.96. The third-order valence-corrected chi connectivity index (χ3v) is 5.99. The molecule has 0 spiro atoms. The normalized spacial score (nSPS) is 27.1. The SMILES string of the molecule is CCOC(=O)C[C@@H]1C[C@@](C(C)=O)(C(=O)OCC)[C@@H](c2cccs2)[C@@H]1[N+](=O)[O-]. The van der Waals surface area contributed by atoms with Gasteiger partial charge in [0.05, 0.1) is 25.6 Å². The molecule has 1 aromatic rings. The van der Waals surface area contributed by atoms with Crippen LogP contribution in [0.2, 0.25) is 0 Å². The van der Waals surface area contributed by atoms with Crippen molar-refractivity contribution in [2.75, 3.05) is 13.2 Å². The summed E-state index contributed by atoms with van der Waals surface area (Å²) < 4.78 is 10.1. The van der Waals surface area contributed by atoms with E-state index in [-0.39, 0.29) is 26.1 Å². The molecule has 9 heteroatoms. The first-order valence-corrected chi connectivity index (χ1v) is 9.68. The highest BCUT2D eigenvalue weighted by Gasteiger charge is 2.67. The molecule has 0 unspecified atom stereocenters. The van der Waals surface area contributed by atoms with E-state index in [4.69, 9.17) is 9.47 Å². The Balaban J connectivity index is 2.58. The molecule has 27 heavy (non-hydrogen) atoms. The van der Waals surface area contributed by atoms with Crippen LogP contribution in [0, 0.1) is 21.4 Å². The van der Waals surface area contributed by atoms with E-state index >= 15 is 0 Å². The number of esters is 2. The molecule has 0 aliphatic heterocycles. The number of rotatable bonds is 8. The molecule has 1 heterocycles. The highest BCUT2D eigenvalue weighted by Crippen LogP contribution is 2.56. The van der Waals surface area contributed by atoms with Gasteiger partial charge in [0.25, 0.3) is 0 Å². The number of carbonyl (C=O) groups excluding carboxylic acids is 3. The van der Waals surface area contributed by atoms with E-state index in [2.05, 4.69) is 0 Å². The Labute approximate surface area is 161 Å². The fourth-order valence-electron chi connectivity index (χ4n) is 4.00. The summed E-state index contributed by atoms with van der Waals surface area (Å²) in [6.07, 6.45) is -0.343. The van der Waals surface area contributed by atoms with Crippen LogP contribution < -0.4 is 0 Å². The Morgan fingerprint density at radius 2 is 1.96 bits per heavy atom. The molecule has 1 fully saturated rings. The Bertz CT molecular complexity index is 717. The topological polar surface area (TPSA) is 113 Å². The number of hydrogen-bond donors (Lipinski definition) is 0. The smallest absolute Gasteiger partial charge is 0.320 e. The minimum atomic E-state index is -1.68. The molecule has 1 aliphatic rings. The maximum Gasteiger partial charge on any atom is 0.320 e. The molecule has 0 bridgehead atoms. The molecule has 0 radical (unpaired) electrons. The van der Waals surface area contributed by atoms with Gasteiger partial charge in [-0.15, -0.1) is 11.3 Å². The zero-order chi connectivity index (χ0) is 20.2. The lowest BCUT2D eigenvalue weighted by molar-refractivity contribution is -0.532. The van der Waals surface area contributed by atoms with Crippen molar-refractivity contribution >= 4 is 29.1 Å². The lowest BCUT2D eigenvalue weighted by atomic mass is 9.73. The molecule has 0 aromatic carbocycles. The van der Waals surface area contributed by atoms with Crippen molar-refractivity contribution < 1.29 is 28.8 Å². The van der Waals surface area contributed by atoms with Crippen LogP contribution in [0.1, 0.15) is 44.4 Å². The Morgan fingerprint density at radius 1 is 1.30 bits per heavy atom. The Morgan fingerprint density at radius 3 is 2.44 bits per heavy atom. The summed E-state index contributed by atoms with van der Waals surface area (Å²) in [5, 5.41) is 13.7. The Kier molecular flexibility index (Phi) is 6.69. The largest absolute Gasteiger partial charge is 0.466 e. The van der Waals surface area contributed by atoms with Crippen molar-refractivity contribution in [1.29, 1.82) is 0 Å². The first kappa shape index (κ1) is 21.0. The average Bonchev–Trinajstić information content (AvgIpc) is 3.20. The molecule has 2 rings (SSSR count). The monoisotopic (exact) mass is 397 g/mol. The molecule has 148 valence electrons. The van der Waals surface area contributed by atoms with Gasteiger partial charge >= 0.3 is 11.9 Å². The second-order valence-electron chi connectivity index (χ2n) is 6.49. The summed E-state index contributed by atoms with van der Waals surface area (Å²) >= 11 is 1.25. The first-order chi connectivity index (χ1) is 12.8. The van der Waals surface area contributed by atoms with E-state index in [1.807, 2.05) is 0 Å². The minimum Gasteiger partial charge on any atom is -0.466 e. The predicted octanol–water partition coefficient (Wildman–Crippen LogP) is 2.59. The van der Waals surface area contributed by atoms with Crippen molar-refractivity contribution in [2.45, 2.75) is 45.6 Å². The summed E-state index contributed by atoms with van der Waals surface area (Å²) in [5.41, 5.74) is -1.68. The van der Waals surface area contributed by atoms with Crippen molar-refractivity contribution in [3.05, 3.63) is 32.5 Å². The van der Waals surface area contributed by atoms with Crippen LogP contribution in [0.25, 0.3) is 0 Å². The van der Waals surface area contributed by atoms with Gasteiger partial charge in [-0.25, -0.2) is 0 Å². The standard InChI is InChI=1S/C18H23NO7S/c1-4-25-14(21)9-12-10-18(11(3)20,17(22)26-5-2)15(16(12)19(23)24)13-7-6-8-27-13/h6-8,12,15-16H,4-5,9-10H2,1-3H3/t12-,15+,16-,18+/m1/s1. The molecule has 8 nitrogen and oxygen atoms in total. The zero-order valence-electron chi connectivity index (χ0n) is 15.5. The van der Waals surface area contributed by atoms with Crippen molar-refractivity contribution in [2.24, 2.45) is 11.3 Å². The van der Waals surface area contributed by atoms with Gasteiger partial charge in [0.1, 0.15) is 11.2 Å². The number of ketones is 1. The maximum atomic E-state index is 12.9. The number of carbonyl (C=O) groups is 3. The van der Waals surface area contributed by atoms with Crippen LogP contribution in [0.15, 0.2) is 17.5 Å². The maximum absolute atomic E-state index is 12.9. The van der Waals surface area contributed by atoms with E-state index in [1.54, 1.807) is 31.4 Å². The minimum absolute atomic E-state index is 0.0523. The van der Waals surface area contributed by atoms with Crippen molar-refractivity contribution in [3.8, 4) is 0 Å². The molecule has 1 saturated carbocycles. The molecule has 1 aromatic heterocycles. The molecular formula is C18H23NO7S. The van der Waals surface area contributed by atoms with E-state index in [1.165, 1.54) is 18.3 Å². The molecular weight excluding hydrogens is 374 g/mol. The number of hydrogen-bond acceptors (Lipinski definition) is 8. The number of nitrogens with zero attached hydrogens (tertiary/aromatic N) is 1. The predicted molar refractivity (Wildman–Crippen MR) is 96.9 cm³/mol. The van der Waals surface area contributed by atoms with Crippen LogP contribution in [-0.2, 0) is 23.9 Å². The van der Waals surface area contributed by atoms with Gasteiger partial charge in [0.2, 0.25) is 6.04 Å². The lowest BCUT2D eigenvalue weighted by Gasteiger charge is -2.29. The molecule has 0 amide bonds. The van der Waals surface area contributed by atoms with Gasteiger partial charge in [0.15, 0.2) is 0 Å².